The Morgan fingerprint density at radius 3 is 2.79 bits per heavy atom. The first-order chi connectivity index (χ1) is 11.5. The van der Waals surface area contributed by atoms with Crippen LogP contribution in [0.1, 0.15) is 40.5 Å². The van der Waals surface area contributed by atoms with Gasteiger partial charge in [-0.2, -0.15) is 0 Å². The minimum Gasteiger partial charge on any atom is -0.481 e. The van der Waals surface area contributed by atoms with Crippen LogP contribution in [-0.4, -0.2) is 29.1 Å². The minimum absolute atomic E-state index is 0.0737. The van der Waals surface area contributed by atoms with Crippen molar-refractivity contribution in [3.05, 3.63) is 56.2 Å². The number of benzene rings is 1. The number of carbonyl (C=O) groups is 1. The van der Waals surface area contributed by atoms with E-state index in [2.05, 4.69) is 43.0 Å². The number of thiophene rings is 1. The Balaban J connectivity index is 2.02. The van der Waals surface area contributed by atoms with E-state index in [1.54, 1.807) is 11.3 Å². The van der Waals surface area contributed by atoms with Crippen LogP contribution in [0.3, 0.4) is 0 Å². The summed E-state index contributed by atoms with van der Waals surface area (Å²) in [5, 5.41) is 9.44. The van der Waals surface area contributed by atoms with Gasteiger partial charge in [-0.3, -0.25) is 9.69 Å². The molecule has 3 rings (SSSR count). The number of aryl methyl sites for hydroxylation is 2. The molecule has 0 amide bonds. The predicted molar refractivity (Wildman–Crippen MR) is 99.0 cm³/mol. The van der Waals surface area contributed by atoms with Gasteiger partial charge in [-0.1, -0.05) is 35.4 Å². The summed E-state index contributed by atoms with van der Waals surface area (Å²) in [7, 11) is 0. The van der Waals surface area contributed by atoms with Crippen LogP contribution in [0.5, 0.6) is 0 Å². The molecule has 1 N–H and O–H groups in total. The van der Waals surface area contributed by atoms with Crippen LogP contribution in [0.4, 0.5) is 0 Å². The molecule has 0 saturated carbocycles. The van der Waals surface area contributed by atoms with Crippen LogP contribution in [0.15, 0.2) is 30.3 Å². The van der Waals surface area contributed by atoms with Crippen molar-refractivity contribution >= 4 is 28.9 Å². The summed E-state index contributed by atoms with van der Waals surface area (Å²) < 4.78 is 0.770. The fourth-order valence-electron chi connectivity index (χ4n) is 3.50. The highest BCUT2D eigenvalue weighted by molar-refractivity contribution is 7.16. The quantitative estimate of drug-likeness (QED) is 0.839. The van der Waals surface area contributed by atoms with Gasteiger partial charge >= 0.3 is 5.97 Å². The second-order valence-electron chi connectivity index (χ2n) is 6.58. The number of likely N-dealkylation sites (tertiary alicyclic amines) is 1. The molecule has 2 unspecified atom stereocenters. The Hall–Kier alpha value is -1.36. The Morgan fingerprint density at radius 1 is 1.33 bits per heavy atom. The molecular weight excluding hydrogens is 342 g/mol. The number of carboxylic acid groups (broad SMARTS) is 1. The average Bonchev–Trinajstić information content (AvgIpc) is 2.97. The molecule has 128 valence electrons. The molecular formula is C19H22ClNO2S. The molecule has 5 heteroatoms. The van der Waals surface area contributed by atoms with Crippen LogP contribution in [0.2, 0.25) is 4.34 Å². The van der Waals surface area contributed by atoms with Gasteiger partial charge in [0.1, 0.15) is 0 Å². The van der Waals surface area contributed by atoms with E-state index in [0.29, 0.717) is 6.54 Å². The number of hydrogen-bond acceptors (Lipinski definition) is 3. The van der Waals surface area contributed by atoms with Gasteiger partial charge in [0.05, 0.1) is 16.3 Å². The standard InChI is InChI=1S/C19H22ClNO2S/c1-12-5-6-13(2)15(10-12)18(16-7-8-17(20)24-16)21-9-3-4-14(11-21)19(22)23/h5-8,10,14,18H,3-4,9,11H2,1-2H3,(H,22,23). The van der Waals surface area contributed by atoms with Crippen LogP contribution in [-0.2, 0) is 4.79 Å². The number of piperidine rings is 1. The van der Waals surface area contributed by atoms with Gasteiger partial charge in [0, 0.05) is 11.4 Å². The van der Waals surface area contributed by atoms with Gasteiger partial charge in [0.2, 0.25) is 0 Å². The first kappa shape index (κ1) is 17.5. The van der Waals surface area contributed by atoms with Crippen LogP contribution >= 0.6 is 22.9 Å². The van der Waals surface area contributed by atoms with Crippen LogP contribution < -0.4 is 0 Å². The van der Waals surface area contributed by atoms with E-state index in [-0.39, 0.29) is 12.0 Å². The van der Waals surface area contributed by atoms with Crippen LogP contribution in [0, 0.1) is 19.8 Å². The predicted octanol–water partition coefficient (Wildman–Crippen LogP) is 4.90. The smallest absolute Gasteiger partial charge is 0.307 e. The van der Waals surface area contributed by atoms with Gasteiger partial charge in [0.25, 0.3) is 0 Å². The fraction of sp³-hybridized carbons (Fsp3) is 0.421. The molecule has 0 aliphatic carbocycles. The van der Waals surface area contributed by atoms with Crippen molar-refractivity contribution in [2.75, 3.05) is 13.1 Å². The minimum atomic E-state index is -0.691. The zero-order valence-corrected chi connectivity index (χ0v) is 15.5. The summed E-state index contributed by atoms with van der Waals surface area (Å²) in [5.74, 6) is -0.981. The third-order valence-corrected chi connectivity index (χ3v) is 6.04. The van der Waals surface area contributed by atoms with Gasteiger partial charge in [-0.05, 0) is 56.5 Å². The van der Waals surface area contributed by atoms with Crippen molar-refractivity contribution in [2.24, 2.45) is 5.92 Å². The molecule has 1 aromatic heterocycles. The maximum Gasteiger partial charge on any atom is 0.307 e. The monoisotopic (exact) mass is 363 g/mol. The number of carboxylic acids is 1. The first-order valence-corrected chi connectivity index (χ1v) is 9.44. The largest absolute Gasteiger partial charge is 0.481 e. The highest BCUT2D eigenvalue weighted by Gasteiger charge is 2.32. The summed E-state index contributed by atoms with van der Waals surface area (Å²) >= 11 is 7.77. The van der Waals surface area contributed by atoms with Crippen molar-refractivity contribution in [1.29, 1.82) is 0 Å². The zero-order valence-electron chi connectivity index (χ0n) is 14.0. The van der Waals surface area contributed by atoms with Gasteiger partial charge in [-0.25, -0.2) is 0 Å². The molecule has 0 bridgehead atoms. The molecule has 1 aliphatic rings. The van der Waals surface area contributed by atoms with Crippen molar-refractivity contribution in [1.82, 2.24) is 4.90 Å². The lowest BCUT2D eigenvalue weighted by Crippen LogP contribution is -2.41. The molecule has 0 radical (unpaired) electrons. The lowest BCUT2D eigenvalue weighted by Gasteiger charge is -2.37. The molecule has 0 spiro atoms. The third-order valence-electron chi connectivity index (χ3n) is 4.76. The molecule has 1 fully saturated rings. The van der Waals surface area contributed by atoms with E-state index < -0.39 is 5.97 Å². The maximum absolute atomic E-state index is 11.5. The Labute approximate surface area is 151 Å². The number of hydrogen-bond donors (Lipinski definition) is 1. The molecule has 2 heterocycles. The molecule has 3 nitrogen and oxygen atoms in total. The lowest BCUT2D eigenvalue weighted by molar-refractivity contribution is -0.143. The first-order valence-electron chi connectivity index (χ1n) is 8.25. The summed E-state index contributed by atoms with van der Waals surface area (Å²) in [5.41, 5.74) is 3.70. The fourth-order valence-corrected chi connectivity index (χ4v) is 4.72. The summed E-state index contributed by atoms with van der Waals surface area (Å²) in [6, 6.07) is 10.6. The van der Waals surface area contributed by atoms with E-state index in [9.17, 15) is 9.90 Å². The molecule has 1 saturated heterocycles. The van der Waals surface area contributed by atoms with E-state index in [0.717, 1.165) is 23.7 Å². The van der Waals surface area contributed by atoms with E-state index in [4.69, 9.17) is 11.6 Å². The Kier molecular flexibility index (Phi) is 5.28. The van der Waals surface area contributed by atoms with Crippen molar-refractivity contribution < 1.29 is 9.90 Å². The van der Waals surface area contributed by atoms with E-state index in [1.165, 1.54) is 21.6 Å². The normalized spacial score (nSPS) is 20.0. The molecule has 1 aliphatic heterocycles. The summed E-state index contributed by atoms with van der Waals surface area (Å²) in [6.45, 7) is 5.72. The summed E-state index contributed by atoms with van der Waals surface area (Å²) in [6.07, 6.45) is 1.67. The van der Waals surface area contributed by atoms with Crippen molar-refractivity contribution in [2.45, 2.75) is 32.7 Å². The second kappa shape index (κ2) is 7.26. The number of rotatable bonds is 4. The Morgan fingerprint density at radius 2 is 2.12 bits per heavy atom. The highest BCUT2D eigenvalue weighted by Crippen LogP contribution is 2.38. The number of halogens is 1. The SMILES string of the molecule is Cc1ccc(C)c(C(c2ccc(Cl)s2)N2CCCC(C(=O)O)C2)c1. The maximum atomic E-state index is 11.5. The van der Waals surface area contributed by atoms with Crippen molar-refractivity contribution in [3.8, 4) is 0 Å². The molecule has 2 aromatic rings. The van der Waals surface area contributed by atoms with E-state index >= 15 is 0 Å². The highest BCUT2D eigenvalue weighted by atomic mass is 35.5. The number of aliphatic carboxylic acids is 1. The van der Waals surface area contributed by atoms with Crippen LogP contribution in [0.25, 0.3) is 0 Å². The lowest BCUT2D eigenvalue weighted by atomic mass is 9.92. The topological polar surface area (TPSA) is 40.5 Å². The van der Waals surface area contributed by atoms with Gasteiger partial charge in [0.15, 0.2) is 0 Å². The molecule has 2 atom stereocenters. The number of nitrogens with zero attached hydrogens (tertiary/aromatic N) is 1. The third kappa shape index (κ3) is 3.66. The van der Waals surface area contributed by atoms with Gasteiger partial charge in [-0.15, -0.1) is 11.3 Å². The molecule has 24 heavy (non-hydrogen) atoms. The second-order valence-corrected chi connectivity index (χ2v) is 8.32. The molecule has 1 aromatic carbocycles. The van der Waals surface area contributed by atoms with Crippen molar-refractivity contribution in [3.63, 3.8) is 0 Å². The summed E-state index contributed by atoms with van der Waals surface area (Å²) in [4.78, 5) is 15.0. The average molecular weight is 364 g/mol. The van der Waals surface area contributed by atoms with Gasteiger partial charge < -0.3 is 5.11 Å². The van der Waals surface area contributed by atoms with E-state index in [1.807, 2.05) is 6.07 Å². The zero-order chi connectivity index (χ0) is 17.3. The Bertz CT molecular complexity index is 743.